The molecule has 1 heterocycles. The van der Waals surface area contributed by atoms with Crippen LogP contribution in [0, 0.1) is 6.92 Å². The number of benzene rings is 2. The number of aliphatic hydroxyl groups is 1. The van der Waals surface area contributed by atoms with Gasteiger partial charge in [-0.25, -0.2) is 9.37 Å². The molecular weight excluding hydrogens is 301 g/mol. The standard InChI is InChI=1S/C17H16FNO2S/c1-11-19-15-8-7-14(9-16(15)22-11)21-13-5-3-12(4-6-13)17(2,20)10-18/h3-9,20H,10H2,1-2H3. The van der Waals surface area contributed by atoms with Crippen molar-refractivity contribution in [3.05, 3.63) is 53.0 Å². The average Bonchev–Trinajstić information content (AvgIpc) is 2.87. The molecule has 3 rings (SSSR count). The lowest BCUT2D eigenvalue weighted by atomic mass is 9.98. The largest absolute Gasteiger partial charge is 0.457 e. The molecule has 0 saturated heterocycles. The van der Waals surface area contributed by atoms with Gasteiger partial charge in [-0.05, 0) is 43.7 Å². The van der Waals surface area contributed by atoms with Crippen LogP contribution in [0.2, 0.25) is 0 Å². The molecule has 1 atom stereocenters. The number of hydrogen-bond acceptors (Lipinski definition) is 4. The third-order valence-corrected chi connectivity index (χ3v) is 4.37. The first-order chi connectivity index (χ1) is 10.5. The number of rotatable bonds is 4. The van der Waals surface area contributed by atoms with E-state index >= 15 is 0 Å². The minimum absolute atomic E-state index is 0.524. The van der Waals surface area contributed by atoms with Crippen molar-refractivity contribution in [1.82, 2.24) is 4.98 Å². The maximum atomic E-state index is 12.8. The number of ether oxygens (including phenoxy) is 1. The third kappa shape index (κ3) is 2.96. The number of nitrogens with zero attached hydrogens (tertiary/aromatic N) is 1. The number of hydrogen-bond donors (Lipinski definition) is 1. The third-order valence-electron chi connectivity index (χ3n) is 3.44. The quantitative estimate of drug-likeness (QED) is 0.766. The van der Waals surface area contributed by atoms with E-state index in [1.807, 2.05) is 25.1 Å². The molecule has 1 aromatic heterocycles. The van der Waals surface area contributed by atoms with Crippen LogP contribution in [0.4, 0.5) is 4.39 Å². The molecule has 3 nitrogen and oxygen atoms in total. The molecule has 0 spiro atoms. The molecule has 0 aliphatic carbocycles. The van der Waals surface area contributed by atoms with Crippen LogP contribution in [0.1, 0.15) is 17.5 Å². The Morgan fingerprint density at radius 3 is 2.55 bits per heavy atom. The zero-order chi connectivity index (χ0) is 15.7. The van der Waals surface area contributed by atoms with E-state index < -0.39 is 12.3 Å². The summed E-state index contributed by atoms with van der Waals surface area (Å²) in [4.78, 5) is 4.41. The van der Waals surface area contributed by atoms with E-state index in [1.165, 1.54) is 6.92 Å². The molecule has 0 amide bonds. The van der Waals surface area contributed by atoms with Crippen LogP contribution < -0.4 is 4.74 Å². The Labute approximate surface area is 132 Å². The lowest BCUT2D eigenvalue weighted by molar-refractivity contribution is 0.0299. The SMILES string of the molecule is Cc1nc2ccc(Oc3ccc(C(C)(O)CF)cc3)cc2s1. The molecule has 22 heavy (non-hydrogen) atoms. The second kappa shape index (κ2) is 5.66. The maximum absolute atomic E-state index is 12.8. The van der Waals surface area contributed by atoms with E-state index in [4.69, 9.17) is 4.74 Å². The highest BCUT2D eigenvalue weighted by Gasteiger charge is 2.22. The lowest BCUT2D eigenvalue weighted by Crippen LogP contribution is -2.23. The van der Waals surface area contributed by atoms with E-state index in [9.17, 15) is 9.50 Å². The number of fused-ring (bicyclic) bond motifs is 1. The molecule has 0 saturated carbocycles. The minimum atomic E-state index is -1.46. The molecule has 1 N–H and O–H groups in total. The molecule has 0 fully saturated rings. The summed E-state index contributed by atoms with van der Waals surface area (Å²) >= 11 is 1.62. The maximum Gasteiger partial charge on any atom is 0.128 e. The summed E-state index contributed by atoms with van der Waals surface area (Å²) in [6.07, 6.45) is 0. The monoisotopic (exact) mass is 317 g/mol. The molecule has 1 unspecified atom stereocenters. The summed E-state index contributed by atoms with van der Waals surface area (Å²) in [7, 11) is 0. The number of halogens is 1. The van der Waals surface area contributed by atoms with Crippen LogP contribution in [-0.2, 0) is 5.60 Å². The van der Waals surface area contributed by atoms with Crippen molar-refractivity contribution >= 4 is 21.6 Å². The molecule has 2 aromatic carbocycles. The predicted octanol–water partition coefficient (Wildman–Crippen LogP) is 4.57. The topological polar surface area (TPSA) is 42.4 Å². The first-order valence-corrected chi connectivity index (χ1v) is 7.73. The van der Waals surface area contributed by atoms with Gasteiger partial charge < -0.3 is 9.84 Å². The predicted molar refractivity (Wildman–Crippen MR) is 86.4 cm³/mol. The van der Waals surface area contributed by atoms with Crippen molar-refractivity contribution in [3.8, 4) is 11.5 Å². The van der Waals surface area contributed by atoms with Crippen molar-refractivity contribution in [2.45, 2.75) is 19.4 Å². The Hall–Kier alpha value is -1.98. The summed E-state index contributed by atoms with van der Waals surface area (Å²) in [5.74, 6) is 1.36. The molecule has 0 bridgehead atoms. The lowest BCUT2D eigenvalue weighted by Gasteiger charge is -2.19. The van der Waals surface area contributed by atoms with Gasteiger partial charge in [0.25, 0.3) is 0 Å². The molecule has 0 aliphatic heterocycles. The molecule has 0 radical (unpaired) electrons. The Morgan fingerprint density at radius 2 is 1.86 bits per heavy atom. The zero-order valence-electron chi connectivity index (χ0n) is 12.3. The second-order valence-electron chi connectivity index (χ2n) is 5.40. The highest BCUT2D eigenvalue weighted by atomic mass is 32.1. The van der Waals surface area contributed by atoms with Crippen LogP contribution in [0.15, 0.2) is 42.5 Å². The minimum Gasteiger partial charge on any atom is -0.457 e. The Balaban J connectivity index is 1.82. The van der Waals surface area contributed by atoms with Gasteiger partial charge >= 0.3 is 0 Å². The first kappa shape index (κ1) is 14.9. The van der Waals surface area contributed by atoms with Gasteiger partial charge in [-0.15, -0.1) is 11.3 Å². The van der Waals surface area contributed by atoms with E-state index in [2.05, 4.69) is 4.98 Å². The highest BCUT2D eigenvalue weighted by molar-refractivity contribution is 7.18. The van der Waals surface area contributed by atoms with Crippen LogP contribution in [0.25, 0.3) is 10.2 Å². The molecule has 0 aliphatic rings. The van der Waals surface area contributed by atoms with Crippen molar-refractivity contribution in [2.75, 3.05) is 6.67 Å². The van der Waals surface area contributed by atoms with Gasteiger partial charge in [0.15, 0.2) is 0 Å². The van der Waals surface area contributed by atoms with Gasteiger partial charge in [-0.2, -0.15) is 0 Å². The number of alkyl halides is 1. The van der Waals surface area contributed by atoms with Crippen LogP contribution in [-0.4, -0.2) is 16.8 Å². The normalized spacial score (nSPS) is 14.0. The van der Waals surface area contributed by atoms with Gasteiger partial charge in [-0.3, -0.25) is 0 Å². The highest BCUT2D eigenvalue weighted by Crippen LogP contribution is 2.30. The van der Waals surface area contributed by atoms with Crippen molar-refractivity contribution in [2.24, 2.45) is 0 Å². The smallest absolute Gasteiger partial charge is 0.128 e. The van der Waals surface area contributed by atoms with Crippen LogP contribution in [0.5, 0.6) is 11.5 Å². The summed E-state index contributed by atoms with van der Waals surface area (Å²) in [5.41, 5.74) is 0.0255. The zero-order valence-corrected chi connectivity index (χ0v) is 13.2. The average molecular weight is 317 g/mol. The fourth-order valence-corrected chi connectivity index (χ4v) is 3.03. The Morgan fingerprint density at radius 1 is 1.18 bits per heavy atom. The summed E-state index contributed by atoms with van der Waals surface area (Å²) < 4.78 is 19.6. The van der Waals surface area contributed by atoms with Gasteiger partial charge in [0.1, 0.15) is 23.8 Å². The summed E-state index contributed by atoms with van der Waals surface area (Å²) in [5, 5.41) is 10.9. The van der Waals surface area contributed by atoms with Gasteiger partial charge in [0.05, 0.1) is 15.2 Å². The Bertz CT molecular complexity index is 796. The van der Waals surface area contributed by atoms with E-state index in [0.717, 1.165) is 21.0 Å². The van der Waals surface area contributed by atoms with Gasteiger partial charge in [0.2, 0.25) is 0 Å². The van der Waals surface area contributed by atoms with E-state index in [1.54, 1.807) is 35.6 Å². The van der Waals surface area contributed by atoms with Crippen molar-refractivity contribution in [1.29, 1.82) is 0 Å². The van der Waals surface area contributed by atoms with E-state index in [-0.39, 0.29) is 0 Å². The van der Waals surface area contributed by atoms with Crippen LogP contribution in [0.3, 0.4) is 0 Å². The Kier molecular flexibility index (Phi) is 3.85. The van der Waals surface area contributed by atoms with Gasteiger partial charge in [-0.1, -0.05) is 12.1 Å². The van der Waals surface area contributed by atoms with E-state index in [0.29, 0.717) is 11.3 Å². The van der Waals surface area contributed by atoms with Gasteiger partial charge in [0, 0.05) is 6.07 Å². The van der Waals surface area contributed by atoms with Crippen LogP contribution >= 0.6 is 11.3 Å². The number of aromatic nitrogens is 1. The van der Waals surface area contributed by atoms with Crippen molar-refractivity contribution < 1.29 is 14.2 Å². The second-order valence-corrected chi connectivity index (χ2v) is 6.63. The summed E-state index contributed by atoms with van der Waals surface area (Å²) in [6, 6.07) is 12.5. The summed E-state index contributed by atoms with van der Waals surface area (Å²) in [6.45, 7) is 2.60. The molecule has 5 heteroatoms. The number of thiazole rings is 1. The first-order valence-electron chi connectivity index (χ1n) is 6.92. The van der Waals surface area contributed by atoms with Crippen molar-refractivity contribution in [3.63, 3.8) is 0 Å². The molecule has 3 aromatic rings. The molecular formula is C17H16FNO2S. The molecule has 114 valence electrons. The fourth-order valence-electron chi connectivity index (χ4n) is 2.18. The number of aryl methyl sites for hydroxylation is 1. The fraction of sp³-hybridized carbons (Fsp3) is 0.235.